The lowest BCUT2D eigenvalue weighted by atomic mass is 10.2. The largest absolute Gasteiger partial charge is 0.354 e. The Morgan fingerprint density at radius 2 is 1.83 bits per heavy atom. The molecule has 0 amide bonds. The molecule has 36 heavy (non-hydrogen) atoms. The second-order valence-corrected chi connectivity index (χ2v) is 9.62. The third-order valence-corrected chi connectivity index (χ3v) is 7.35. The van der Waals surface area contributed by atoms with E-state index in [-0.39, 0.29) is 12.5 Å². The summed E-state index contributed by atoms with van der Waals surface area (Å²) in [5, 5.41) is 4.97. The monoisotopic (exact) mass is 530 g/mol. The van der Waals surface area contributed by atoms with E-state index in [0.29, 0.717) is 6.54 Å². The summed E-state index contributed by atoms with van der Waals surface area (Å²) in [4.78, 5) is 36.9. The Balaban J connectivity index is 0.00000176. The van der Waals surface area contributed by atoms with Crippen LogP contribution in [0.15, 0.2) is 50.5 Å². The van der Waals surface area contributed by atoms with Crippen molar-refractivity contribution in [2.45, 2.75) is 67.0 Å². The van der Waals surface area contributed by atoms with Gasteiger partial charge in [-0.2, -0.15) is 4.98 Å². The molecule has 0 spiro atoms. The Bertz CT molecular complexity index is 1370. The number of nitrogens with zero attached hydrogens (tertiary/aromatic N) is 5. The van der Waals surface area contributed by atoms with E-state index < -0.39 is 11.4 Å². The summed E-state index contributed by atoms with van der Waals surface area (Å²) in [6.07, 6.45) is 6.46. The number of hydrogen-bond acceptors (Lipinski definition) is 7. The minimum atomic E-state index is -0.568. The van der Waals surface area contributed by atoms with Crippen LogP contribution in [0.5, 0.6) is 0 Å². The highest BCUT2D eigenvalue weighted by atomic mass is 35.5. The van der Waals surface area contributed by atoms with Gasteiger partial charge in [0.1, 0.15) is 0 Å². The zero-order valence-electron chi connectivity index (χ0n) is 21.7. The van der Waals surface area contributed by atoms with Crippen molar-refractivity contribution in [3.05, 3.63) is 61.9 Å². The standard InChI is InChI=1S/C24H29ClN6O2S.C2H6/c1-4-16(8-9-17(25)5-2)15-31-21(28-22(32)30(6-3)24(31)33)26-18-10-11-19-20(14-18)34-23(27-19)29-12-7-13-29;1-2/h8-11,14H,4-7,12-13,15H2,1-3H3,(H,26,28,32);1-2H3/b16-8+,17-9+;. The maximum absolute atomic E-state index is 13.2. The van der Waals surface area contributed by atoms with Crippen LogP contribution < -0.4 is 21.6 Å². The number of allylic oxidation sites excluding steroid dienone is 4. The van der Waals surface area contributed by atoms with Gasteiger partial charge in [-0.25, -0.2) is 19.1 Å². The van der Waals surface area contributed by atoms with Crippen LogP contribution in [0.25, 0.3) is 10.2 Å². The molecule has 4 rings (SSSR count). The molecule has 10 heteroatoms. The lowest BCUT2D eigenvalue weighted by molar-refractivity contribution is 0.570. The maximum atomic E-state index is 13.2. The van der Waals surface area contributed by atoms with Gasteiger partial charge in [0.05, 0.1) is 16.8 Å². The van der Waals surface area contributed by atoms with Crippen LogP contribution in [-0.2, 0) is 13.1 Å². The van der Waals surface area contributed by atoms with Gasteiger partial charge in [-0.15, -0.1) is 0 Å². The van der Waals surface area contributed by atoms with Gasteiger partial charge in [0.15, 0.2) is 5.13 Å². The molecule has 1 aliphatic heterocycles. The van der Waals surface area contributed by atoms with Crippen molar-refractivity contribution in [3.63, 3.8) is 0 Å². The van der Waals surface area contributed by atoms with Crippen molar-refractivity contribution in [3.8, 4) is 0 Å². The number of aromatic nitrogens is 4. The SMILES string of the molecule is CC.CC/C(Cl)=C\C=C(/CC)Cn1c(Nc2ccc3nc(N4CCC4)sc3c2)nc(=O)n(CC)c1=O. The fourth-order valence-corrected chi connectivity index (χ4v) is 4.73. The number of halogens is 1. The number of thiazole rings is 1. The van der Waals surface area contributed by atoms with E-state index in [4.69, 9.17) is 16.6 Å². The third-order valence-electron chi connectivity index (χ3n) is 5.88. The first kappa shape index (κ1) is 27.7. The van der Waals surface area contributed by atoms with Gasteiger partial charge in [-0.1, -0.05) is 62.3 Å². The van der Waals surface area contributed by atoms with Gasteiger partial charge in [-0.3, -0.25) is 4.57 Å². The maximum Gasteiger partial charge on any atom is 0.354 e. The number of fused-ring (bicyclic) bond motifs is 1. The molecule has 0 unspecified atom stereocenters. The van der Waals surface area contributed by atoms with E-state index in [0.717, 1.165) is 62.1 Å². The molecule has 1 aliphatic rings. The first-order valence-electron chi connectivity index (χ1n) is 12.6. The predicted octanol–water partition coefficient (Wildman–Crippen LogP) is 5.88. The Morgan fingerprint density at radius 3 is 2.44 bits per heavy atom. The van der Waals surface area contributed by atoms with Gasteiger partial charge in [0.25, 0.3) is 0 Å². The van der Waals surface area contributed by atoms with E-state index in [1.165, 1.54) is 11.0 Å². The molecular weight excluding hydrogens is 496 g/mol. The van der Waals surface area contributed by atoms with Crippen LogP contribution >= 0.6 is 22.9 Å². The lowest BCUT2D eigenvalue weighted by Crippen LogP contribution is -2.42. The third kappa shape index (κ3) is 6.25. The van der Waals surface area contributed by atoms with Gasteiger partial charge in [0.2, 0.25) is 5.95 Å². The van der Waals surface area contributed by atoms with Gasteiger partial charge in [-0.05, 0) is 50.5 Å². The Morgan fingerprint density at radius 1 is 1.08 bits per heavy atom. The number of hydrogen-bond donors (Lipinski definition) is 1. The van der Waals surface area contributed by atoms with Crippen molar-refractivity contribution >= 4 is 49.9 Å². The number of nitrogens with one attached hydrogen (secondary N) is 1. The number of anilines is 3. The average molecular weight is 531 g/mol. The van der Waals surface area contributed by atoms with Crippen molar-refractivity contribution in [1.29, 1.82) is 0 Å². The van der Waals surface area contributed by atoms with Crippen molar-refractivity contribution in [2.24, 2.45) is 0 Å². The predicted molar refractivity (Wildman–Crippen MR) is 152 cm³/mol. The zero-order chi connectivity index (χ0) is 26.2. The normalized spacial score (nSPS) is 13.9. The first-order valence-corrected chi connectivity index (χ1v) is 13.8. The van der Waals surface area contributed by atoms with Crippen LogP contribution in [0.1, 0.15) is 53.9 Å². The second kappa shape index (κ2) is 12.9. The fourth-order valence-electron chi connectivity index (χ4n) is 3.61. The molecule has 0 bridgehead atoms. The van der Waals surface area contributed by atoms with Crippen LogP contribution in [0.4, 0.5) is 16.8 Å². The highest BCUT2D eigenvalue weighted by molar-refractivity contribution is 7.22. The van der Waals surface area contributed by atoms with Crippen LogP contribution in [0.2, 0.25) is 0 Å². The molecule has 1 N–H and O–H groups in total. The summed E-state index contributed by atoms with van der Waals surface area (Å²) in [7, 11) is 0. The summed E-state index contributed by atoms with van der Waals surface area (Å²) in [5.41, 5.74) is 1.71. The summed E-state index contributed by atoms with van der Waals surface area (Å²) in [6, 6.07) is 5.82. The molecule has 0 saturated carbocycles. The number of rotatable bonds is 9. The van der Waals surface area contributed by atoms with Gasteiger partial charge >= 0.3 is 11.4 Å². The van der Waals surface area contributed by atoms with Gasteiger partial charge in [0, 0.05) is 30.4 Å². The highest BCUT2D eigenvalue weighted by Crippen LogP contribution is 2.33. The zero-order valence-corrected chi connectivity index (χ0v) is 23.2. The average Bonchev–Trinajstić information content (AvgIpc) is 3.26. The molecule has 1 saturated heterocycles. The van der Waals surface area contributed by atoms with E-state index in [1.54, 1.807) is 18.3 Å². The summed E-state index contributed by atoms with van der Waals surface area (Å²) in [5.74, 6) is 0.219. The molecule has 3 aromatic rings. The molecule has 0 aliphatic carbocycles. The summed E-state index contributed by atoms with van der Waals surface area (Å²) >= 11 is 7.80. The molecule has 0 atom stereocenters. The second-order valence-electron chi connectivity index (χ2n) is 8.12. The molecule has 8 nitrogen and oxygen atoms in total. The Kier molecular flexibility index (Phi) is 9.89. The Hall–Kier alpha value is -2.91. The van der Waals surface area contributed by atoms with Crippen molar-refractivity contribution in [1.82, 2.24) is 19.1 Å². The molecule has 1 aromatic carbocycles. The van der Waals surface area contributed by atoms with Crippen molar-refractivity contribution < 1.29 is 0 Å². The van der Waals surface area contributed by atoms with E-state index in [2.05, 4.69) is 15.2 Å². The lowest BCUT2D eigenvalue weighted by Gasteiger charge is -2.30. The van der Waals surface area contributed by atoms with Crippen LogP contribution in [0, 0.1) is 0 Å². The van der Waals surface area contributed by atoms with Crippen LogP contribution in [-0.4, -0.2) is 32.2 Å². The minimum Gasteiger partial charge on any atom is -0.348 e. The van der Waals surface area contributed by atoms with Crippen LogP contribution in [0.3, 0.4) is 0 Å². The summed E-state index contributed by atoms with van der Waals surface area (Å²) in [6.45, 7) is 12.4. The molecule has 0 radical (unpaired) electrons. The first-order chi connectivity index (χ1) is 17.4. The Labute approximate surface area is 221 Å². The molecule has 3 heterocycles. The highest BCUT2D eigenvalue weighted by Gasteiger charge is 2.19. The minimum absolute atomic E-state index is 0.219. The van der Waals surface area contributed by atoms with E-state index >= 15 is 0 Å². The molecular formula is C26H35ClN6O2S. The van der Waals surface area contributed by atoms with E-state index in [9.17, 15) is 9.59 Å². The van der Waals surface area contributed by atoms with Crippen molar-refractivity contribution in [2.75, 3.05) is 23.3 Å². The molecule has 194 valence electrons. The quantitative estimate of drug-likeness (QED) is 0.347. The van der Waals surface area contributed by atoms with E-state index in [1.807, 2.05) is 58.0 Å². The molecule has 1 fully saturated rings. The van der Waals surface area contributed by atoms with Gasteiger partial charge < -0.3 is 10.2 Å². The topological polar surface area (TPSA) is 85.1 Å². The smallest absolute Gasteiger partial charge is 0.348 e. The molecule has 2 aromatic heterocycles. The number of benzene rings is 1. The fraction of sp³-hybridized carbons (Fsp3) is 0.462. The summed E-state index contributed by atoms with van der Waals surface area (Å²) < 4.78 is 3.69.